The fraction of sp³-hybridized carbons (Fsp3) is 0.385. The first-order valence-electron chi connectivity index (χ1n) is 6.33. The Bertz CT molecular complexity index is 682. The molecular formula is C13H16N4OS. The predicted octanol–water partition coefficient (Wildman–Crippen LogP) is 2.54. The van der Waals surface area contributed by atoms with Crippen molar-refractivity contribution in [2.24, 2.45) is 0 Å². The van der Waals surface area contributed by atoms with Gasteiger partial charge in [-0.25, -0.2) is 9.97 Å². The van der Waals surface area contributed by atoms with Crippen molar-refractivity contribution in [1.29, 1.82) is 0 Å². The van der Waals surface area contributed by atoms with Gasteiger partial charge in [0.1, 0.15) is 5.76 Å². The van der Waals surface area contributed by atoms with E-state index in [4.69, 9.17) is 4.42 Å². The highest BCUT2D eigenvalue weighted by atomic mass is 32.1. The Hall–Kier alpha value is -1.66. The van der Waals surface area contributed by atoms with Crippen LogP contribution in [-0.4, -0.2) is 14.4 Å². The fourth-order valence-electron chi connectivity index (χ4n) is 2.03. The molecule has 0 bridgehead atoms. The Morgan fingerprint density at radius 3 is 3.11 bits per heavy atom. The van der Waals surface area contributed by atoms with Gasteiger partial charge in [-0.3, -0.25) is 4.40 Å². The van der Waals surface area contributed by atoms with E-state index in [9.17, 15) is 0 Å². The maximum Gasteiger partial charge on any atom is 0.208 e. The third-order valence-electron chi connectivity index (χ3n) is 3.08. The van der Waals surface area contributed by atoms with Crippen molar-refractivity contribution in [1.82, 2.24) is 19.7 Å². The number of fused-ring (bicyclic) bond motifs is 1. The van der Waals surface area contributed by atoms with Gasteiger partial charge < -0.3 is 9.73 Å². The molecule has 0 amide bonds. The molecule has 3 rings (SSSR count). The number of hydrogen-bond donors (Lipinski definition) is 1. The second-order valence-electron chi connectivity index (χ2n) is 4.38. The van der Waals surface area contributed by atoms with E-state index in [1.165, 1.54) is 5.69 Å². The largest absolute Gasteiger partial charge is 0.444 e. The normalized spacial score (nSPS) is 11.5. The maximum absolute atomic E-state index is 5.56. The van der Waals surface area contributed by atoms with Crippen molar-refractivity contribution < 1.29 is 4.42 Å². The molecule has 0 aliphatic carbocycles. The standard InChI is InChI=1S/C13H16N4OS/c1-3-10-6-15-12(18-10)8-14-7-11-9(2)16-13-17(11)4-5-19-13/h4-6,14H,3,7-8H2,1-2H3. The molecule has 6 heteroatoms. The predicted molar refractivity (Wildman–Crippen MR) is 74.2 cm³/mol. The van der Waals surface area contributed by atoms with Crippen LogP contribution in [0.2, 0.25) is 0 Å². The number of nitrogens with one attached hydrogen (secondary N) is 1. The minimum atomic E-state index is 0.636. The first kappa shape index (κ1) is 12.4. The summed E-state index contributed by atoms with van der Waals surface area (Å²) < 4.78 is 7.69. The summed E-state index contributed by atoms with van der Waals surface area (Å²) in [6.07, 6.45) is 4.72. The van der Waals surface area contributed by atoms with Crippen molar-refractivity contribution in [3.63, 3.8) is 0 Å². The lowest BCUT2D eigenvalue weighted by Crippen LogP contribution is -2.14. The van der Waals surface area contributed by atoms with Gasteiger partial charge in [-0.2, -0.15) is 0 Å². The van der Waals surface area contributed by atoms with Crippen LogP contribution >= 0.6 is 11.3 Å². The topological polar surface area (TPSA) is 55.4 Å². The molecular weight excluding hydrogens is 260 g/mol. The minimum Gasteiger partial charge on any atom is -0.444 e. The fourth-order valence-corrected chi connectivity index (χ4v) is 2.81. The zero-order chi connectivity index (χ0) is 13.2. The summed E-state index contributed by atoms with van der Waals surface area (Å²) in [6.45, 7) is 5.49. The Kier molecular flexibility index (Phi) is 3.35. The van der Waals surface area contributed by atoms with Crippen molar-refractivity contribution in [2.75, 3.05) is 0 Å². The number of imidazole rings is 1. The molecule has 3 aromatic rings. The second kappa shape index (κ2) is 5.14. The minimum absolute atomic E-state index is 0.636. The van der Waals surface area contributed by atoms with Crippen LogP contribution in [0.5, 0.6) is 0 Å². The van der Waals surface area contributed by atoms with Crippen LogP contribution in [0.4, 0.5) is 0 Å². The first-order chi connectivity index (χ1) is 9.28. The lowest BCUT2D eigenvalue weighted by Gasteiger charge is -2.02. The molecule has 3 heterocycles. The van der Waals surface area contributed by atoms with Gasteiger partial charge in [-0.15, -0.1) is 11.3 Å². The molecule has 5 nitrogen and oxygen atoms in total. The van der Waals surface area contributed by atoms with Crippen LogP contribution in [0.25, 0.3) is 4.96 Å². The smallest absolute Gasteiger partial charge is 0.208 e. The lowest BCUT2D eigenvalue weighted by molar-refractivity contribution is 0.438. The summed E-state index contributed by atoms with van der Waals surface area (Å²) in [5.74, 6) is 1.66. The van der Waals surface area contributed by atoms with Gasteiger partial charge in [-0.05, 0) is 6.92 Å². The summed E-state index contributed by atoms with van der Waals surface area (Å²) in [5.41, 5.74) is 2.26. The van der Waals surface area contributed by atoms with E-state index >= 15 is 0 Å². The van der Waals surface area contributed by atoms with Crippen molar-refractivity contribution in [3.05, 3.63) is 40.8 Å². The molecule has 0 unspecified atom stereocenters. The molecule has 0 spiro atoms. The molecule has 0 aliphatic heterocycles. The number of hydrogen-bond acceptors (Lipinski definition) is 5. The highest BCUT2D eigenvalue weighted by Gasteiger charge is 2.09. The molecule has 0 aliphatic rings. The molecule has 0 saturated carbocycles. The number of oxazole rings is 1. The molecule has 0 fully saturated rings. The molecule has 0 saturated heterocycles. The van der Waals surface area contributed by atoms with Gasteiger partial charge in [0.05, 0.1) is 24.1 Å². The van der Waals surface area contributed by atoms with Gasteiger partial charge in [0.25, 0.3) is 0 Å². The van der Waals surface area contributed by atoms with Gasteiger partial charge in [-0.1, -0.05) is 6.92 Å². The molecule has 1 N–H and O–H groups in total. The molecule has 0 atom stereocenters. The highest BCUT2D eigenvalue weighted by molar-refractivity contribution is 7.15. The Balaban J connectivity index is 1.65. The van der Waals surface area contributed by atoms with E-state index < -0.39 is 0 Å². The molecule has 19 heavy (non-hydrogen) atoms. The number of nitrogens with zero attached hydrogens (tertiary/aromatic N) is 3. The van der Waals surface area contributed by atoms with Gasteiger partial charge in [0.2, 0.25) is 5.89 Å². The van der Waals surface area contributed by atoms with Crippen molar-refractivity contribution >= 4 is 16.3 Å². The van der Waals surface area contributed by atoms with E-state index in [0.29, 0.717) is 6.54 Å². The molecule has 0 radical (unpaired) electrons. The Morgan fingerprint density at radius 2 is 2.32 bits per heavy atom. The van der Waals surface area contributed by atoms with E-state index in [1.807, 2.05) is 12.3 Å². The maximum atomic E-state index is 5.56. The van der Waals surface area contributed by atoms with E-state index in [1.54, 1.807) is 17.5 Å². The third kappa shape index (κ3) is 2.41. The van der Waals surface area contributed by atoms with Crippen LogP contribution in [0.15, 0.2) is 22.2 Å². The van der Waals surface area contributed by atoms with E-state index in [2.05, 4.69) is 32.8 Å². The summed E-state index contributed by atoms with van der Waals surface area (Å²) in [4.78, 5) is 9.79. The number of aromatic nitrogens is 3. The van der Waals surface area contributed by atoms with Gasteiger partial charge >= 0.3 is 0 Å². The summed E-state index contributed by atoms with van der Waals surface area (Å²) in [5, 5.41) is 5.40. The van der Waals surface area contributed by atoms with Crippen molar-refractivity contribution in [2.45, 2.75) is 33.4 Å². The highest BCUT2D eigenvalue weighted by Crippen LogP contribution is 2.16. The van der Waals surface area contributed by atoms with Gasteiger partial charge in [0, 0.05) is 24.5 Å². The number of aryl methyl sites for hydroxylation is 2. The Labute approximate surface area is 115 Å². The molecule has 3 aromatic heterocycles. The van der Waals surface area contributed by atoms with Crippen LogP contribution in [0.3, 0.4) is 0 Å². The molecule has 100 valence electrons. The van der Waals surface area contributed by atoms with Crippen molar-refractivity contribution in [3.8, 4) is 0 Å². The average Bonchev–Trinajstić information content (AvgIpc) is 3.07. The number of thiazole rings is 1. The summed E-state index contributed by atoms with van der Waals surface area (Å²) in [7, 11) is 0. The van der Waals surface area contributed by atoms with Crippen LogP contribution in [0.1, 0.15) is 30.0 Å². The lowest BCUT2D eigenvalue weighted by atomic mass is 10.3. The van der Waals surface area contributed by atoms with E-state index in [0.717, 1.165) is 35.3 Å². The average molecular weight is 276 g/mol. The monoisotopic (exact) mass is 276 g/mol. The third-order valence-corrected chi connectivity index (χ3v) is 3.84. The first-order valence-corrected chi connectivity index (χ1v) is 7.21. The SMILES string of the molecule is CCc1cnc(CNCc2c(C)nc3sccn23)o1. The second-order valence-corrected chi connectivity index (χ2v) is 5.25. The summed E-state index contributed by atoms with van der Waals surface area (Å²) >= 11 is 1.65. The summed E-state index contributed by atoms with van der Waals surface area (Å²) in [6, 6.07) is 0. The van der Waals surface area contributed by atoms with Crippen LogP contribution < -0.4 is 5.32 Å². The molecule has 0 aromatic carbocycles. The van der Waals surface area contributed by atoms with E-state index in [-0.39, 0.29) is 0 Å². The number of rotatable bonds is 5. The Morgan fingerprint density at radius 1 is 1.42 bits per heavy atom. The zero-order valence-electron chi connectivity index (χ0n) is 11.0. The van der Waals surface area contributed by atoms with Crippen LogP contribution in [-0.2, 0) is 19.5 Å². The van der Waals surface area contributed by atoms with Crippen LogP contribution in [0, 0.1) is 6.92 Å². The quantitative estimate of drug-likeness (QED) is 0.778. The van der Waals surface area contributed by atoms with Gasteiger partial charge in [0.15, 0.2) is 4.96 Å². The zero-order valence-corrected chi connectivity index (χ0v) is 11.8.